The Hall–Kier alpha value is -1.66. The largest absolute Gasteiger partial charge is 0.465 e. The van der Waals surface area contributed by atoms with Gasteiger partial charge in [0, 0.05) is 32.7 Å². The molecular formula is C18H25N3O2. The fourth-order valence-electron chi connectivity index (χ4n) is 3.07. The molecule has 1 aromatic carbocycles. The minimum absolute atomic E-state index is 0.213. The van der Waals surface area contributed by atoms with Gasteiger partial charge in [-0.1, -0.05) is 24.3 Å². The summed E-state index contributed by atoms with van der Waals surface area (Å²) in [5, 5.41) is 3.57. The zero-order chi connectivity index (χ0) is 16.1. The van der Waals surface area contributed by atoms with Gasteiger partial charge in [-0.25, -0.2) is 5.43 Å². The zero-order valence-corrected chi connectivity index (χ0v) is 13.8. The Bertz CT molecular complexity index is 626. The SMILES string of the molecule is COCc1ccccc1CNCC1CNNC1c1ccc(C)o1. The minimum Gasteiger partial charge on any atom is -0.465 e. The maximum Gasteiger partial charge on any atom is 0.122 e. The molecule has 0 bridgehead atoms. The maximum absolute atomic E-state index is 5.77. The fraction of sp³-hybridized carbons (Fsp3) is 0.444. The summed E-state index contributed by atoms with van der Waals surface area (Å²) in [4.78, 5) is 0. The first kappa shape index (κ1) is 16.2. The molecule has 2 atom stereocenters. The van der Waals surface area contributed by atoms with E-state index in [9.17, 15) is 0 Å². The smallest absolute Gasteiger partial charge is 0.122 e. The van der Waals surface area contributed by atoms with Crippen LogP contribution in [-0.2, 0) is 17.9 Å². The van der Waals surface area contributed by atoms with Gasteiger partial charge in [0.1, 0.15) is 11.5 Å². The van der Waals surface area contributed by atoms with Crippen molar-refractivity contribution < 1.29 is 9.15 Å². The normalized spacial score (nSPS) is 21.0. The molecule has 0 aliphatic carbocycles. The first-order chi connectivity index (χ1) is 11.3. The number of ether oxygens (including phenoxy) is 1. The zero-order valence-electron chi connectivity index (χ0n) is 13.8. The van der Waals surface area contributed by atoms with Crippen molar-refractivity contribution in [2.45, 2.75) is 26.1 Å². The van der Waals surface area contributed by atoms with Crippen LogP contribution in [0.15, 0.2) is 40.8 Å². The number of hydrogen-bond acceptors (Lipinski definition) is 5. The molecule has 2 heterocycles. The fourth-order valence-corrected chi connectivity index (χ4v) is 3.07. The number of hydrogen-bond donors (Lipinski definition) is 3. The van der Waals surface area contributed by atoms with E-state index in [1.807, 2.05) is 13.0 Å². The lowest BCUT2D eigenvalue weighted by Crippen LogP contribution is -2.28. The average molecular weight is 315 g/mol. The topological polar surface area (TPSA) is 58.5 Å². The molecule has 1 saturated heterocycles. The van der Waals surface area contributed by atoms with Crippen LogP contribution in [0.1, 0.15) is 28.7 Å². The van der Waals surface area contributed by atoms with Crippen LogP contribution in [0.25, 0.3) is 0 Å². The molecule has 0 spiro atoms. The van der Waals surface area contributed by atoms with Gasteiger partial charge in [0.2, 0.25) is 0 Å². The van der Waals surface area contributed by atoms with Gasteiger partial charge in [-0.15, -0.1) is 0 Å². The number of hydrazine groups is 1. The molecule has 0 radical (unpaired) electrons. The second kappa shape index (κ2) is 7.75. The van der Waals surface area contributed by atoms with Crippen molar-refractivity contribution in [3.63, 3.8) is 0 Å². The lowest BCUT2D eigenvalue weighted by molar-refractivity contribution is 0.184. The van der Waals surface area contributed by atoms with Crippen molar-refractivity contribution >= 4 is 0 Å². The third-order valence-corrected chi connectivity index (χ3v) is 4.30. The molecule has 1 aromatic heterocycles. The summed E-state index contributed by atoms with van der Waals surface area (Å²) in [6, 6.07) is 12.7. The van der Waals surface area contributed by atoms with Crippen LogP contribution in [0.2, 0.25) is 0 Å². The van der Waals surface area contributed by atoms with Gasteiger partial charge in [0.15, 0.2) is 0 Å². The average Bonchev–Trinajstić information content (AvgIpc) is 3.18. The van der Waals surface area contributed by atoms with E-state index in [-0.39, 0.29) is 6.04 Å². The van der Waals surface area contributed by atoms with Crippen molar-refractivity contribution in [3.05, 3.63) is 59.0 Å². The van der Waals surface area contributed by atoms with Gasteiger partial charge in [0.25, 0.3) is 0 Å². The monoisotopic (exact) mass is 315 g/mol. The molecule has 124 valence electrons. The van der Waals surface area contributed by atoms with Gasteiger partial charge in [-0.2, -0.15) is 0 Å². The van der Waals surface area contributed by atoms with Crippen molar-refractivity contribution in [3.8, 4) is 0 Å². The predicted octanol–water partition coefficient (Wildman–Crippen LogP) is 2.29. The maximum atomic E-state index is 5.77. The molecular weight excluding hydrogens is 290 g/mol. The lowest BCUT2D eigenvalue weighted by Gasteiger charge is -2.17. The highest BCUT2D eigenvalue weighted by atomic mass is 16.5. The standard InChI is InChI=1S/C18H25N3O2/c1-13-7-8-17(23-13)18-16(11-20-21-18)10-19-9-14-5-3-4-6-15(14)12-22-2/h3-8,16,18-21H,9-12H2,1-2H3. The van der Waals surface area contributed by atoms with Gasteiger partial charge in [0.05, 0.1) is 12.6 Å². The van der Waals surface area contributed by atoms with Crippen molar-refractivity contribution in [2.75, 3.05) is 20.2 Å². The van der Waals surface area contributed by atoms with E-state index < -0.39 is 0 Å². The molecule has 5 nitrogen and oxygen atoms in total. The number of rotatable bonds is 7. The molecule has 23 heavy (non-hydrogen) atoms. The molecule has 0 amide bonds. The predicted molar refractivity (Wildman–Crippen MR) is 89.7 cm³/mol. The Morgan fingerprint density at radius 2 is 2.04 bits per heavy atom. The summed E-state index contributed by atoms with van der Waals surface area (Å²) in [5.41, 5.74) is 9.08. The number of furan rings is 1. The van der Waals surface area contributed by atoms with E-state index in [4.69, 9.17) is 9.15 Å². The second-order valence-electron chi connectivity index (χ2n) is 6.04. The van der Waals surface area contributed by atoms with E-state index in [1.165, 1.54) is 11.1 Å². The molecule has 2 unspecified atom stereocenters. The van der Waals surface area contributed by atoms with Crippen LogP contribution >= 0.6 is 0 Å². The van der Waals surface area contributed by atoms with Crippen LogP contribution < -0.4 is 16.2 Å². The molecule has 5 heteroatoms. The Balaban J connectivity index is 1.56. The number of aryl methyl sites for hydroxylation is 1. The quantitative estimate of drug-likeness (QED) is 0.732. The first-order valence-electron chi connectivity index (χ1n) is 8.09. The molecule has 3 N–H and O–H groups in total. The van der Waals surface area contributed by atoms with E-state index in [2.05, 4.69) is 46.5 Å². The van der Waals surface area contributed by atoms with Crippen LogP contribution in [0, 0.1) is 12.8 Å². The number of nitrogens with one attached hydrogen (secondary N) is 3. The van der Waals surface area contributed by atoms with E-state index in [0.717, 1.165) is 31.2 Å². The number of methoxy groups -OCH3 is 1. The van der Waals surface area contributed by atoms with Gasteiger partial charge >= 0.3 is 0 Å². The molecule has 2 aromatic rings. The third-order valence-electron chi connectivity index (χ3n) is 4.30. The van der Waals surface area contributed by atoms with E-state index >= 15 is 0 Å². The highest BCUT2D eigenvalue weighted by molar-refractivity contribution is 5.26. The van der Waals surface area contributed by atoms with Crippen LogP contribution in [0.4, 0.5) is 0 Å². The summed E-state index contributed by atoms with van der Waals surface area (Å²) < 4.78 is 11.0. The highest BCUT2D eigenvalue weighted by Gasteiger charge is 2.30. The first-order valence-corrected chi connectivity index (χ1v) is 8.09. The summed E-state index contributed by atoms with van der Waals surface area (Å²) in [5.74, 6) is 2.41. The molecule has 0 saturated carbocycles. The summed E-state index contributed by atoms with van der Waals surface area (Å²) in [6.45, 7) is 5.33. The second-order valence-corrected chi connectivity index (χ2v) is 6.04. The van der Waals surface area contributed by atoms with Gasteiger partial charge in [-0.3, -0.25) is 5.43 Å². The van der Waals surface area contributed by atoms with Crippen LogP contribution in [0.5, 0.6) is 0 Å². The number of benzene rings is 1. The summed E-state index contributed by atoms with van der Waals surface area (Å²) in [6.07, 6.45) is 0. The summed E-state index contributed by atoms with van der Waals surface area (Å²) >= 11 is 0. The van der Waals surface area contributed by atoms with Gasteiger partial charge < -0.3 is 14.5 Å². The van der Waals surface area contributed by atoms with Crippen molar-refractivity contribution in [1.29, 1.82) is 0 Å². The Morgan fingerprint density at radius 3 is 2.78 bits per heavy atom. The Morgan fingerprint density at radius 1 is 1.22 bits per heavy atom. The van der Waals surface area contributed by atoms with Crippen molar-refractivity contribution in [2.24, 2.45) is 5.92 Å². The Kier molecular flexibility index (Phi) is 5.46. The van der Waals surface area contributed by atoms with Crippen LogP contribution in [0.3, 0.4) is 0 Å². The van der Waals surface area contributed by atoms with E-state index in [0.29, 0.717) is 12.5 Å². The van der Waals surface area contributed by atoms with Crippen molar-refractivity contribution in [1.82, 2.24) is 16.2 Å². The molecule has 1 aliphatic heterocycles. The third kappa shape index (κ3) is 4.00. The van der Waals surface area contributed by atoms with Gasteiger partial charge in [-0.05, 0) is 30.2 Å². The minimum atomic E-state index is 0.213. The molecule has 3 rings (SSSR count). The summed E-state index contributed by atoms with van der Waals surface area (Å²) in [7, 11) is 1.73. The lowest BCUT2D eigenvalue weighted by atomic mass is 9.99. The van der Waals surface area contributed by atoms with Crippen LogP contribution in [-0.4, -0.2) is 20.2 Å². The van der Waals surface area contributed by atoms with E-state index in [1.54, 1.807) is 7.11 Å². The highest BCUT2D eigenvalue weighted by Crippen LogP contribution is 2.26. The Labute approximate surface area is 137 Å². The molecule has 1 fully saturated rings. The molecule has 1 aliphatic rings.